The van der Waals surface area contributed by atoms with Gasteiger partial charge in [0.2, 0.25) is 6.17 Å². The lowest BCUT2D eigenvalue weighted by molar-refractivity contribution is -0.120. The second-order valence-electron chi connectivity index (χ2n) is 9.25. The number of ether oxygens (including phenoxy) is 1. The van der Waals surface area contributed by atoms with Gasteiger partial charge in [-0.15, -0.1) is 0 Å². The molecule has 0 fully saturated rings. The number of benzene rings is 4. The minimum Gasteiger partial charge on any atom is -0.497 e. The highest BCUT2D eigenvalue weighted by molar-refractivity contribution is 6.21. The van der Waals surface area contributed by atoms with Crippen LogP contribution in [0.2, 0.25) is 0 Å². The number of nitrogens with one attached hydrogen (secondary N) is 2. The molecule has 1 atom stereocenters. The summed E-state index contributed by atoms with van der Waals surface area (Å²) in [6.07, 6.45) is -1.29. The van der Waals surface area contributed by atoms with Gasteiger partial charge in [0.05, 0.1) is 25.1 Å². The third-order valence-electron chi connectivity index (χ3n) is 6.62. The van der Waals surface area contributed by atoms with Crippen molar-refractivity contribution >= 4 is 34.8 Å². The third kappa shape index (κ3) is 5.61. The van der Waals surface area contributed by atoms with Crippen molar-refractivity contribution < 1.29 is 19.1 Å². The van der Waals surface area contributed by atoms with Gasteiger partial charge in [-0.3, -0.25) is 9.59 Å². The van der Waals surface area contributed by atoms with E-state index in [1.165, 1.54) is 4.90 Å². The Kier molecular flexibility index (Phi) is 7.68. The Hall–Kier alpha value is -5.24. The molecule has 1 unspecified atom stereocenters. The Bertz CT molecular complexity index is 1580. The minimum atomic E-state index is -1.29. The first-order chi connectivity index (χ1) is 19.4. The number of hydrogen-bond acceptors (Lipinski definition) is 5. The summed E-state index contributed by atoms with van der Waals surface area (Å²) in [5.41, 5.74) is 4.39. The van der Waals surface area contributed by atoms with Crippen molar-refractivity contribution in [1.29, 1.82) is 0 Å². The van der Waals surface area contributed by atoms with Crippen LogP contribution in [0.25, 0.3) is 0 Å². The molecule has 1 aliphatic heterocycles. The van der Waals surface area contributed by atoms with Gasteiger partial charge in [0, 0.05) is 22.4 Å². The average Bonchev–Trinajstić information content (AvgIpc) is 3.09. The quantitative estimate of drug-likeness (QED) is 0.319. The van der Waals surface area contributed by atoms with Crippen LogP contribution in [0.5, 0.6) is 5.75 Å². The molecule has 0 spiro atoms. The predicted octanol–water partition coefficient (Wildman–Crippen LogP) is 5.22. The highest BCUT2D eigenvalue weighted by atomic mass is 16.5. The maximum absolute atomic E-state index is 14.0. The fourth-order valence-electron chi connectivity index (χ4n) is 4.59. The molecular formula is C32H28N4O4. The number of aryl methyl sites for hydroxylation is 1. The molecule has 0 radical (unpaired) electrons. The van der Waals surface area contributed by atoms with E-state index >= 15 is 0 Å². The predicted molar refractivity (Wildman–Crippen MR) is 155 cm³/mol. The molecule has 3 amide bonds. The van der Waals surface area contributed by atoms with Crippen molar-refractivity contribution in [3.8, 4) is 5.75 Å². The number of aliphatic imine (C=N–C) groups is 1. The fourth-order valence-corrected chi connectivity index (χ4v) is 4.59. The van der Waals surface area contributed by atoms with E-state index in [9.17, 15) is 14.4 Å². The zero-order valence-corrected chi connectivity index (χ0v) is 22.1. The largest absolute Gasteiger partial charge is 0.497 e. The van der Waals surface area contributed by atoms with Crippen molar-refractivity contribution in [1.82, 2.24) is 5.32 Å². The molecule has 1 heterocycles. The molecule has 40 heavy (non-hydrogen) atoms. The maximum atomic E-state index is 14.0. The van der Waals surface area contributed by atoms with E-state index in [0.717, 1.165) is 11.1 Å². The van der Waals surface area contributed by atoms with E-state index in [2.05, 4.69) is 10.6 Å². The minimum absolute atomic E-state index is 0.212. The Morgan fingerprint density at radius 2 is 1.55 bits per heavy atom. The normalized spacial score (nSPS) is 14.4. The second kappa shape index (κ2) is 11.7. The standard InChI is InChI=1S/C32H28N4O4/c1-21-10-6-7-13-25(21)28(37)20-36-27-15-9-8-14-26(27)29(22-11-4-3-5-12-22)34-30(31(36)38)35-32(39)33-23-16-18-24(40-2)19-17-23/h3-19,30H,20H2,1-2H3,(H2,33,35,39). The number of fused-ring (bicyclic) bond motifs is 1. The van der Waals surface area contributed by atoms with Gasteiger partial charge in [0.1, 0.15) is 5.75 Å². The number of carbonyl (C=O) groups is 3. The molecule has 8 nitrogen and oxygen atoms in total. The summed E-state index contributed by atoms with van der Waals surface area (Å²) >= 11 is 0. The average molecular weight is 533 g/mol. The van der Waals surface area contributed by atoms with E-state index in [1.807, 2.05) is 67.6 Å². The number of urea groups is 1. The van der Waals surface area contributed by atoms with E-state index in [0.29, 0.717) is 34.0 Å². The Morgan fingerprint density at radius 1 is 0.875 bits per heavy atom. The molecule has 0 aliphatic carbocycles. The van der Waals surface area contributed by atoms with Gasteiger partial charge in [0.15, 0.2) is 5.78 Å². The molecule has 0 bridgehead atoms. The highest BCUT2D eigenvalue weighted by Gasteiger charge is 2.34. The van der Waals surface area contributed by atoms with E-state index in [-0.39, 0.29) is 12.3 Å². The van der Waals surface area contributed by atoms with Crippen molar-refractivity contribution in [2.24, 2.45) is 4.99 Å². The summed E-state index contributed by atoms with van der Waals surface area (Å²) in [7, 11) is 1.56. The Morgan fingerprint density at radius 3 is 2.27 bits per heavy atom. The molecular weight excluding hydrogens is 504 g/mol. The second-order valence-corrected chi connectivity index (χ2v) is 9.25. The topological polar surface area (TPSA) is 100 Å². The summed E-state index contributed by atoms with van der Waals surface area (Å²) < 4.78 is 5.17. The van der Waals surface area contributed by atoms with Crippen LogP contribution in [0.3, 0.4) is 0 Å². The number of rotatable bonds is 7. The van der Waals surface area contributed by atoms with Crippen LogP contribution in [0.4, 0.5) is 16.2 Å². The number of anilines is 2. The van der Waals surface area contributed by atoms with Crippen LogP contribution in [0.1, 0.15) is 27.0 Å². The van der Waals surface area contributed by atoms with Crippen molar-refractivity contribution in [2.75, 3.05) is 23.9 Å². The van der Waals surface area contributed by atoms with Gasteiger partial charge in [0.25, 0.3) is 5.91 Å². The lowest BCUT2D eigenvalue weighted by atomic mass is 9.99. The first-order valence-electron chi connectivity index (χ1n) is 12.8. The zero-order valence-electron chi connectivity index (χ0n) is 22.1. The summed E-state index contributed by atoms with van der Waals surface area (Å²) in [6, 6.07) is 30.2. The number of carbonyl (C=O) groups excluding carboxylic acids is 3. The van der Waals surface area contributed by atoms with Crippen LogP contribution in [-0.2, 0) is 4.79 Å². The molecule has 8 heteroatoms. The first-order valence-corrected chi connectivity index (χ1v) is 12.8. The number of ketones is 1. The van der Waals surface area contributed by atoms with Crippen molar-refractivity contribution in [2.45, 2.75) is 13.1 Å². The van der Waals surface area contributed by atoms with Crippen LogP contribution in [0, 0.1) is 6.92 Å². The Balaban J connectivity index is 1.52. The van der Waals surface area contributed by atoms with E-state index < -0.39 is 18.1 Å². The summed E-state index contributed by atoms with van der Waals surface area (Å²) in [4.78, 5) is 46.6. The fraction of sp³-hybridized carbons (Fsp3) is 0.125. The number of benzodiazepines with no additional fused rings is 1. The molecule has 1 aliphatic rings. The van der Waals surface area contributed by atoms with Gasteiger partial charge < -0.3 is 20.3 Å². The number of hydrogen-bond donors (Lipinski definition) is 2. The van der Waals surface area contributed by atoms with E-state index in [4.69, 9.17) is 9.73 Å². The van der Waals surface area contributed by atoms with Crippen LogP contribution in [0.15, 0.2) is 108 Å². The summed E-state index contributed by atoms with van der Waals surface area (Å²) in [6.45, 7) is 1.65. The summed E-state index contributed by atoms with van der Waals surface area (Å²) in [5, 5.41) is 5.44. The van der Waals surface area contributed by atoms with Gasteiger partial charge in [-0.05, 0) is 42.8 Å². The lowest BCUT2D eigenvalue weighted by Gasteiger charge is -2.25. The molecule has 4 aromatic rings. The number of para-hydroxylation sites is 1. The molecule has 0 aromatic heterocycles. The number of nitrogens with zero attached hydrogens (tertiary/aromatic N) is 2. The van der Waals surface area contributed by atoms with Gasteiger partial charge in [-0.2, -0.15) is 0 Å². The van der Waals surface area contributed by atoms with Gasteiger partial charge in [-0.25, -0.2) is 9.79 Å². The molecule has 5 rings (SSSR count). The van der Waals surface area contributed by atoms with Crippen LogP contribution < -0.4 is 20.3 Å². The molecule has 4 aromatic carbocycles. The number of amides is 3. The molecule has 200 valence electrons. The maximum Gasteiger partial charge on any atom is 0.321 e. The van der Waals surface area contributed by atoms with Crippen LogP contribution in [-0.4, -0.2) is 43.3 Å². The summed E-state index contributed by atoms with van der Waals surface area (Å²) in [5.74, 6) is -0.0928. The van der Waals surface area contributed by atoms with Gasteiger partial charge in [-0.1, -0.05) is 72.8 Å². The number of methoxy groups -OCH3 is 1. The monoisotopic (exact) mass is 532 g/mol. The Labute approximate surface area is 232 Å². The number of Topliss-reactive ketones (excluding diaryl/α,β-unsaturated/α-hetero) is 1. The van der Waals surface area contributed by atoms with Crippen molar-refractivity contribution in [3.63, 3.8) is 0 Å². The molecule has 0 saturated carbocycles. The first kappa shape index (κ1) is 26.4. The third-order valence-corrected chi connectivity index (χ3v) is 6.62. The van der Waals surface area contributed by atoms with E-state index in [1.54, 1.807) is 49.6 Å². The highest BCUT2D eigenvalue weighted by Crippen LogP contribution is 2.29. The van der Waals surface area contributed by atoms with Gasteiger partial charge >= 0.3 is 6.03 Å². The lowest BCUT2D eigenvalue weighted by Crippen LogP contribution is -2.50. The molecule has 0 saturated heterocycles. The van der Waals surface area contributed by atoms with Crippen molar-refractivity contribution in [3.05, 3.63) is 125 Å². The van der Waals surface area contributed by atoms with Crippen LogP contribution >= 0.6 is 0 Å². The molecule has 2 N–H and O–H groups in total. The smallest absolute Gasteiger partial charge is 0.321 e. The zero-order chi connectivity index (χ0) is 28.1. The SMILES string of the molecule is COc1ccc(NC(=O)NC2N=C(c3ccccc3)c3ccccc3N(CC(=O)c3ccccc3C)C2=O)cc1.